The standard InChI is InChI=1S/C8H6F2O3/c1-12-5-2-3-6(7(9)4-5)8(11)13-10/h2-4H,1H3. The summed E-state index contributed by atoms with van der Waals surface area (Å²) < 4.78 is 29.0. The van der Waals surface area contributed by atoms with Crippen molar-refractivity contribution in [1.82, 2.24) is 0 Å². The highest BCUT2D eigenvalue weighted by atomic mass is 19.3. The molecule has 1 rings (SSSR count). The number of hydrogen-bond acceptors (Lipinski definition) is 3. The zero-order valence-electron chi connectivity index (χ0n) is 6.71. The average molecular weight is 188 g/mol. The second-order valence-corrected chi connectivity index (χ2v) is 2.21. The number of hydrogen-bond donors (Lipinski definition) is 0. The third-order valence-corrected chi connectivity index (χ3v) is 1.47. The molecule has 13 heavy (non-hydrogen) atoms. The number of benzene rings is 1. The molecule has 0 aliphatic carbocycles. The monoisotopic (exact) mass is 188 g/mol. The smallest absolute Gasteiger partial charge is 0.382 e. The maximum absolute atomic E-state index is 12.9. The van der Waals surface area contributed by atoms with Gasteiger partial charge in [-0.3, -0.25) is 0 Å². The van der Waals surface area contributed by atoms with E-state index in [9.17, 15) is 13.7 Å². The van der Waals surface area contributed by atoms with Crippen LogP contribution in [0.4, 0.5) is 8.92 Å². The third-order valence-electron chi connectivity index (χ3n) is 1.47. The fourth-order valence-corrected chi connectivity index (χ4v) is 0.830. The van der Waals surface area contributed by atoms with Gasteiger partial charge in [-0.05, 0) is 12.1 Å². The van der Waals surface area contributed by atoms with Crippen LogP contribution in [0.3, 0.4) is 0 Å². The highest BCUT2D eigenvalue weighted by Gasteiger charge is 2.14. The second-order valence-electron chi connectivity index (χ2n) is 2.21. The summed E-state index contributed by atoms with van der Waals surface area (Å²) in [7, 11) is 1.35. The molecular weight excluding hydrogens is 182 g/mol. The minimum Gasteiger partial charge on any atom is -0.497 e. The van der Waals surface area contributed by atoms with E-state index < -0.39 is 17.3 Å². The molecule has 70 valence electrons. The van der Waals surface area contributed by atoms with Crippen molar-refractivity contribution in [1.29, 1.82) is 0 Å². The van der Waals surface area contributed by atoms with Gasteiger partial charge in [0.1, 0.15) is 11.6 Å². The summed E-state index contributed by atoms with van der Waals surface area (Å²) in [5.74, 6) is -2.00. The Morgan fingerprint density at radius 2 is 2.15 bits per heavy atom. The van der Waals surface area contributed by atoms with E-state index in [0.717, 1.165) is 12.1 Å². The molecule has 1 aromatic rings. The quantitative estimate of drug-likeness (QED) is 0.710. The van der Waals surface area contributed by atoms with E-state index in [4.69, 9.17) is 0 Å². The van der Waals surface area contributed by atoms with Crippen molar-refractivity contribution < 1.29 is 23.4 Å². The lowest BCUT2D eigenvalue weighted by Gasteiger charge is -2.01. The minimum atomic E-state index is -1.36. The largest absolute Gasteiger partial charge is 0.497 e. The van der Waals surface area contributed by atoms with E-state index >= 15 is 0 Å². The van der Waals surface area contributed by atoms with Crippen molar-refractivity contribution in [3.63, 3.8) is 0 Å². The summed E-state index contributed by atoms with van der Waals surface area (Å²) in [6, 6.07) is 3.37. The molecule has 0 atom stereocenters. The highest BCUT2D eigenvalue weighted by Crippen LogP contribution is 2.16. The molecular formula is C8H6F2O3. The van der Waals surface area contributed by atoms with Crippen LogP contribution in [-0.2, 0) is 4.94 Å². The summed E-state index contributed by atoms with van der Waals surface area (Å²) >= 11 is 0. The van der Waals surface area contributed by atoms with Gasteiger partial charge in [0.05, 0.1) is 12.7 Å². The number of rotatable bonds is 2. The Bertz CT molecular complexity index is 325. The zero-order valence-corrected chi connectivity index (χ0v) is 6.71. The predicted molar refractivity (Wildman–Crippen MR) is 39.5 cm³/mol. The van der Waals surface area contributed by atoms with Crippen LogP contribution < -0.4 is 4.74 Å². The normalized spacial score (nSPS) is 9.46. The minimum absolute atomic E-state index is 0.243. The van der Waals surface area contributed by atoms with Crippen LogP contribution in [0.5, 0.6) is 5.75 Å². The van der Waals surface area contributed by atoms with Gasteiger partial charge in [-0.2, -0.15) is 0 Å². The van der Waals surface area contributed by atoms with Gasteiger partial charge < -0.3 is 4.74 Å². The van der Waals surface area contributed by atoms with Gasteiger partial charge in [0.25, 0.3) is 0 Å². The first-order chi connectivity index (χ1) is 6.19. The molecule has 1 aromatic carbocycles. The summed E-state index contributed by atoms with van der Waals surface area (Å²) in [6.07, 6.45) is 0. The maximum atomic E-state index is 12.9. The van der Waals surface area contributed by atoms with Gasteiger partial charge in [0.15, 0.2) is 0 Å². The number of carbonyl (C=O) groups excluding carboxylic acids is 1. The molecule has 0 N–H and O–H groups in total. The molecule has 0 spiro atoms. The van der Waals surface area contributed by atoms with E-state index in [0.29, 0.717) is 0 Å². The summed E-state index contributed by atoms with van der Waals surface area (Å²) in [5, 5.41) is 0. The Kier molecular flexibility index (Phi) is 2.79. The van der Waals surface area contributed by atoms with Crippen LogP contribution in [0.15, 0.2) is 18.2 Å². The van der Waals surface area contributed by atoms with Crippen LogP contribution in [0, 0.1) is 5.82 Å². The molecule has 0 amide bonds. The molecule has 0 fully saturated rings. The van der Waals surface area contributed by atoms with Gasteiger partial charge >= 0.3 is 5.97 Å². The lowest BCUT2D eigenvalue weighted by atomic mass is 10.2. The van der Waals surface area contributed by atoms with E-state index in [2.05, 4.69) is 9.68 Å². The first-order valence-corrected chi connectivity index (χ1v) is 3.35. The first-order valence-electron chi connectivity index (χ1n) is 3.35. The third kappa shape index (κ3) is 1.93. The molecule has 0 radical (unpaired) electrons. The van der Waals surface area contributed by atoms with Gasteiger partial charge in [-0.25, -0.2) is 14.1 Å². The number of carbonyl (C=O) groups is 1. The van der Waals surface area contributed by atoms with Gasteiger partial charge in [-0.1, -0.05) is 0 Å². The molecule has 5 heteroatoms. The van der Waals surface area contributed by atoms with Crippen LogP contribution in [0.25, 0.3) is 0 Å². The van der Waals surface area contributed by atoms with Crippen molar-refractivity contribution in [2.24, 2.45) is 0 Å². The number of methoxy groups -OCH3 is 1. The molecule has 0 aliphatic rings. The molecule has 0 heterocycles. The Hall–Kier alpha value is -1.65. The SMILES string of the molecule is COc1ccc(C(=O)OF)c(F)c1. The molecule has 0 aliphatic heterocycles. The molecule has 3 nitrogen and oxygen atoms in total. The molecule has 0 bridgehead atoms. The van der Waals surface area contributed by atoms with Gasteiger partial charge in [0.2, 0.25) is 0 Å². The Morgan fingerprint density at radius 1 is 1.46 bits per heavy atom. The topological polar surface area (TPSA) is 35.5 Å². The lowest BCUT2D eigenvalue weighted by Crippen LogP contribution is -2.02. The maximum Gasteiger partial charge on any atom is 0.382 e. The fourth-order valence-electron chi connectivity index (χ4n) is 0.830. The van der Waals surface area contributed by atoms with Crippen LogP contribution in [-0.4, -0.2) is 13.1 Å². The Morgan fingerprint density at radius 3 is 2.62 bits per heavy atom. The fraction of sp³-hybridized carbons (Fsp3) is 0.125. The van der Waals surface area contributed by atoms with Gasteiger partial charge in [-0.15, -0.1) is 0 Å². The predicted octanol–water partition coefficient (Wildman–Crippen LogP) is 1.88. The lowest BCUT2D eigenvalue weighted by molar-refractivity contribution is -0.0791. The van der Waals surface area contributed by atoms with Crippen LogP contribution in [0.2, 0.25) is 0 Å². The van der Waals surface area contributed by atoms with Crippen LogP contribution in [0.1, 0.15) is 10.4 Å². The first kappa shape index (κ1) is 9.44. The summed E-state index contributed by atoms with van der Waals surface area (Å²) in [6.45, 7) is 0. The van der Waals surface area contributed by atoms with Crippen molar-refractivity contribution in [3.8, 4) is 5.75 Å². The van der Waals surface area contributed by atoms with Gasteiger partial charge in [0, 0.05) is 10.6 Å². The number of ether oxygens (including phenoxy) is 1. The summed E-state index contributed by atoms with van der Waals surface area (Å²) in [5.41, 5.74) is -0.469. The van der Waals surface area contributed by atoms with Crippen molar-refractivity contribution in [3.05, 3.63) is 29.6 Å². The highest BCUT2D eigenvalue weighted by molar-refractivity contribution is 5.89. The molecule has 0 unspecified atom stereocenters. The van der Waals surface area contributed by atoms with E-state index in [1.807, 2.05) is 0 Å². The molecule has 0 aromatic heterocycles. The molecule has 0 saturated carbocycles. The van der Waals surface area contributed by atoms with E-state index in [1.54, 1.807) is 0 Å². The summed E-state index contributed by atoms with van der Waals surface area (Å²) in [4.78, 5) is 13.4. The Balaban J connectivity index is 3.05. The van der Waals surface area contributed by atoms with Crippen molar-refractivity contribution in [2.45, 2.75) is 0 Å². The zero-order chi connectivity index (χ0) is 9.84. The van der Waals surface area contributed by atoms with Crippen LogP contribution >= 0.6 is 0 Å². The number of halogens is 2. The van der Waals surface area contributed by atoms with E-state index in [1.165, 1.54) is 13.2 Å². The Labute approximate surface area is 72.8 Å². The van der Waals surface area contributed by atoms with Crippen molar-refractivity contribution in [2.75, 3.05) is 7.11 Å². The second kappa shape index (κ2) is 3.84. The molecule has 0 saturated heterocycles. The van der Waals surface area contributed by atoms with E-state index in [-0.39, 0.29) is 5.75 Å². The van der Waals surface area contributed by atoms with Crippen molar-refractivity contribution >= 4 is 5.97 Å². The average Bonchev–Trinajstić information content (AvgIpc) is 2.16.